The van der Waals surface area contributed by atoms with Crippen LogP contribution in [0.2, 0.25) is 0 Å². The lowest BCUT2D eigenvalue weighted by Gasteiger charge is -2.19. The van der Waals surface area contributed by atoms with E-state index < -0.39 is 23.7 Å². The molecule has 3 rings (SSSR count). The van der Waals surface area contributed by atoms with E-state index in [0.29, 0.717) is 5.75 Å². The lowest BCUT2D eigenvalue weighted by molar-refractivity contribution is -0.154. The topological polar surface area (TPSA) is 102 Å². The maximum atomic E-state index is 12.4. The molecular formula is C25H29NO6S. The Morgan fingerprint density at radius 3 is 2.15 bits per heavy atom. The Balaban J connectivity index is 1.50. The number of fused-ring (bicyclic) bond motifs is 3. The molecule has 176 valence electrons. The van der Waals surface area contributed by atoms with Crippen molar-refractivity contribution in [2.45, 2.75) is 44.8 Å². The third kappa shape index (κ3) is 6.74. The SMILES string of the molecule is CC(C)(C)OC(=O)CCSC[C@H](NC(=O)OCC1c2ccccc2-c2ccccc21)C(=O)O. The van der Waals surface area contributed by atoms with Crippen LogP contribution < -0.4 is 5.32 Å². The summed E-state index contributed by atoms with van der Waals surface area (Å²) in [5.74, 6) is -1.10. The Kier molecular flexibility index (Phi) is 8.02. The number of rotatable bonds is 9. The standard InChI is InChI=1S/C25H29NO6S/c1-25(2,3)32-22(27)12-13-33-15-21(23(28)29)26-24(30)31-14-20-18-10-6-4-8-16(18)17-9-5-7-11-19(17)20/h4-11,20-21H,12-15H2,1-3H3,(H,26,30)(H,28,29)/t21-/m0/s1. The van der Waals surface area contributed by atoms with E-state index in [-0.39, 0.29) is 30.7 Å². The molecule has 33 heavy (non-hydrogen) atoms. The number of esters is 1. The van der Waals surface area contributed by atoms with Gasteiger partial charge in [-0.05, 0) is 43.0 Å². The van der Waals surface area contributed by atoms with Gasteiger partial charge in [0.1, 0.15) is 18.2 Å². The maximum Gasteiger partial charge on any atom is 0.407 e. The molecule has 2 aromatic carbocycles. The second-order valence-electron chi connectivity index (χ2n) is 8.77. The number of ether oxygens (including phenoxy) is 2. The smallest absolute Gasteiger partial charge is 0.407 e. The Labute approximate surface area is 197 Å². The Bertz CT molecular complexity index is 970. The molecule has 0 aliphatic heterocycles. The van der Waals surface area contributed by atoms with E-state index >= 15 is 0 Å². The van der Waals surface area contributed by atoms with E-state index in [4.69, 9.17) is 9.47 Å². The van der Waals surface area contributed by atoms with Gasteiger partial charge in [0, 0.05) is 17.4 Å². The fourth-order valence-corrected chi connectivity index (χ4v) is 4.65. The maximum absolute atomic E-state index is 12.4. The van der Waals surface area contributed by atoms with Crippen molar-refractivity contribution >= 4 is 29.8 Å². The number of carbonyl (C=O) groups excluding carboxylic acids is 2. The predicted molar refractivity (Wildman–Crippen MR) is 127 cm³/mol. The van der Waals surface area contributed by atoms with Gasteiger partial charge in [0.15, 0.2) is 0 Å². The second kappa shape index (κ2) is 10.7. The molecule has 1 amide bonds. The van der Waals surface area contributed by atoms with E-state index in [1.165, 1.54) is 11.8 Å². The number of benzene rings is 2. The molecule has 1 aliphatic rings. The van der Waals surface area contributed by atoms with Gasteiger partial charge >= 0.3 is 18.0 Å². The highest BCUT2D eigenvalue weighted by Crippen LogP contribution is 2.44. The first-order valence-corrected chi connectivity index (χ1v) is 11.9. The van der Waals surface area contributed by atoms with Gasteiger partial charge in [-0.2, -0.15) is 11.8 Å². The molecule has 1 atom stereocenters. The number of hydrogen-bond acceptors (Lipinski definition) is 6. The first kappa shape index (κ1) is 24.6. The molecule has 0 saturated heterocycles. The van der Waals surface area contributed by atoms with E-state index in [2.05, 4.69) is 5.32 Å². The number of aliphatic carboxylic acids is 1. The first-order valence-electron chi connectivity index (χ1n) is 10.8. The molecule has 0 unspecified atom stereocenters. The third-order valence-electron chi connectivity index (χ3n) is 5.09. The molecule has 7 nitrogen and oxygen atoms in total. The zero-order valence-electron chi connectivity index (χ0n) is 19.0. The first-order chi connectivity index (χ1) is 15.7. The van der Waals surface area contributed by atoms with Crippen molar-refractivity contribution in [3.05, 3.63) is 59.7 Å². The van der Waals surface area contributed by atoms with Crippen molar-refractivity contribution in [3.8, 4) is 11.1 Å². The van der Waals surface area contributed by atoms with E-state index in [1.54, 1.807) is 20.8 Å². The normalized spacial score (nSPS) is 13.5. The average molecular weight is 472 g/mol. The minimum absolute atomic E-state index is 0.102. The van der Waals surface area contributed by atoms with Crippen LogP contribution in [-0.2, 0) is 19.1 Å². The molecule has 0 radical (unpaired) electrons. The van der Waals surface area contributed by atoms with Gasteiger partial charge in [-0.1, -0.05) is 48.5 Å². The highest BCUT2D eigenvalue weighted by Gasteiger charge is 2.29. The van der Waals surface area contributed by atoms with E-state index in [0.717, 1.165) is 22.3 Å². The molecular weight excluding hydrogens is 442 g/mol. The number of carboxylic acid groups (broad SMARTS) is 1. The minimum Gasteiger partial charge on any atom is -0.480 e. The fraction of sp³-hybridized carbons (Fsp3) is 0.400. The third-order valence-corrected chi connectivity index (χ3v) is 6.15. The lowest BCUT2D eigenvalue weighted by Crippen LogP contribution is -2.43. The largest absolute Gasteiger partial charge is 0.480 e. The molecule has 0 heterocycles. The van der Waals surface area contributed by atoms with Crippen LogP contribution in [0, 0.1) is 0 Å². The van der Waals surface area contributed by atoms with Crippen LogP contribution in [0.1, 0.15) is 44.2 Å². The fourth-order valence-electron chi connectivity index (χ4n) is 3.71. The Morgan fingerprint density at radius 2 is 1.61 bits per heavy atom. The van der Waals surface area contributed by atoms with Gasteiger partial charge < -0.3 is 19.9 Å². The van der Waals surface area contributed by atoms with Crippen molar-refractivity contribution in [3.63, 3.8) is 0 Å². The van der Waals surface area contributed by atoms with Crippen molar-refractivity contribution in [2.75, 3.05) is 18.1 Å². The van der Waals surface area contributed by atoms with E-state index in [9.17, 15) is 19.5 Å². The molecule has 2 N–H and O–H groups in total. The minimum atomic E-state index is -1.16. The summed E-state index contributed by atoms with van der Waals surface area (Å²) in [6, 6.07) is 14.9. The number of alkyl carbamates (subject to hydrolysis) is 1. The van der Waals surface area contributed by atoms with Gasteiger partial charge in [0.05, 0.1) is 6.42 Å². The van der Waals surface area contributed by atoms with Crippen LogP contribution >= 0.6 is 11.8 Å². The molecule has 1 aliphatic carbocycles. The van der Waals surface area contributed by atoms with Crippen molar-refractivity contribution in [1.82, 2.24) is 5.32 Å². The van der Waals surface area contributed by atoms with Gasteiger partial charge in [0.2, 0.25) is 0 Å². The molecule has 0 fully saturated rings. The lowest BCUT2D eigenvalue weighted by atomic mass is 9.98. The number of carboxylic acids is 1. The average Bonchev–Trinajstić information content (AvgIpc) is 3.07. The Hall–Kier alpha value is -3.00. The monoisotopic (exact) mass is 471 g/mol. The van der Waals surface area contributed by atoms with E-state index in [1.807, 2.05) is 48.5 Å². The predicted octanol–water partition coefficient (Wildman–Crippen LogP) is 4.44. The number of carbonyl (C=O) groups is 3. The zero-order chi connectivity index (χ0) is 24.0. The van der Waals surface area contributed by atoms with Crippen LogP contribution in [0.25, 0.3) is 11.1 Å². The van der Waals surface area contributed by atoms with Crippen molar-refractivity contribution in [2.24, 2.45) is 0 Å². The summed E-state index contributed by atoms with van der Waals surface area (Å²) in [6.07, 6.45) is -0.615. The van der Waals surface area contributed by atoms with Crippen LogP contribution in [0.3, 0.4) is 0 Å². The number of thioether (sulfide) groups is 1. The second-order valence-corrected chi connectivity index (χ2v) is 9.92. The van der Waals surface area contributed by atoms with Crippen LogP contribution in [0.5, 0.6) is 0 Å². The summed E-state index contributed by atoms with van der Waals surface area (Å²) in [4.78, 5) is 35.7. The molecule has 0 saturated carbocycles. The number of hydrogen-bond donors (Lipinski definition) is 2. The summed E-state index contributed by atoms with van der Waals surface area (Å²) >= 11 is 1.26. The van der Waals surface area contributed by atoms with Crippen molar-refractivity contribution < 1.29 is 29.0 Å². The van der Waals surface area contributed by atoms with Gasteiger partial charge in [0.25, 0.3) is 0 Å². The van der Waals surface area contributed by atoms with Crippen molar-refractivity contribution in [1.29, 1.82) is 0 Å². The van der Waals surface area contributed by atoms with Crippen LogP contribution in [0.15, 0.2) is 48.5 Å². The summed E-state index contributed by atoms with van der Waals surface area (Å²) < 4.78 is 10.7. The molecule has 2 aromatic rings. The zero-order valence-corrected chi connectivity index (χ0v) is 19.8. The molecule has 0 aromatic heterocycles. The number of nitrogens with one attached hydrogen (secondary N) is 1. The van der Waals surface area contributed by atoms with Crippen LogP contribution in [-0.4, -0.2) is 52.9 Å². The van der Waals surface area contributed by atoms with Gasteiger partial charge in [-0.25, -0.2) is 9.59 Å². The molecule has 0 bridgehead atoms. The Morgan fingerprint density at radius 1 is 1.03 bits per heavy atom. The summed E-state index contributed by atoms with van der Waals surface area (Å²) in [6.45, 7) is 5.47. The summed E-state index contributed by atoms with van der Waals surface area (Å²) in [7, 11) is 0. The highest BCUT2D eigenvalue weighted by molar-refractivity contribution is 7.99. The van der Waals surface area contributed by atoms with Gasteiger partial charge in [-0.3, -0.25) is 4.79 Å². The van der Waals surface area contributed by atoms with Gasteiger partial charge in [-0.15, -0.1) is 0 Å². The molecule has 8 heteroatoms. The number of amides is 1. The molecule has 0 spiro atoms. The summed E-state index contributed by atoms with van der Waals surface area (Å²) in [5.41, 5.74) is 3.84. The van der Waals surface area contributed by atoms with Crippen LogP contribution in [0.4, 0.5) is 4.79 Å². The quantitative estimate of drug-likeness (QED) is 0.412. The summed E-state index contributed by atoms with van der Waals surface area (Å²) in [5, 5.41) is 11.9. The highest BCUT2D eigenvalue weighted by atomic mass is 32.2.